The van der Waals surface area contributed by atoms with E-state index in [0.717, 1.165) is 36.7 Å². The zero-order valence-electron chi connectivity index (χ0n) is 16.1. The van der Waals surface area contributed by atoms with Gasteiger partial charge in [0.25, 0.3) is 0 Å². The second-order valence-corrected chi connectivity index (χ2v) is 8.19. The topological polar surface area (TPSA) is 75.2 Å². The van der Waals surface area contributed by atoms with E-state index in [9.17, 15) is 4.79 Å². The molecule has 152 valence electrons. The molecule has 0 radical (unpaired) electrons. The number of morpholine rings is 1. The number of hydrogen-bond acceptors (Lipinski definition) is 6. The number of nitrogens with one attached hydrogen (secondary N) is 2. The van der Waals surface area contributed by atoms with E-state index in [2.05, 4.69) is 44.7 Å². The third kappa shape index (κ3) is 4.42. The fraction of sp³-hybridized carbons (Fsp3) is 0.350. The van der Waals surface area contributed by atoms with Crippen LogP contribution in [-0.4, -0.2) is 47.0 Å². The highest BCUT2D eigenvalue weighted by atomic mass is 32.1. The molecule has 1 aliphatic rings. The summed E-state index contributed by atoms with van der Waals surface area (Å²) in [5.41, 5.74) is 2.24. The van der Waals surface area contributed by atoms with E-state index in [4.69, 9.17) is 17.0 Å². The Morgan fingerprint density at radius 1 is 1.31 bits per heavy atom. The Morgan fingerprint density at radius 2 is 2.07 bits per heavy atom. The van der Waals surface area contributed by atoms with Crippen LogP contribution in [0.25, 0.3) is 10.7 Å². The summed E-state index contributed by atoms with van der Waals surface area (Å²) in [6.07, 6.45) is 0. The van der Waals surface area contributed by atoms with Gasteiger partial charge in [0.15, 0.2) is 10.6 Å². The maximum absolute atomic E-state index is 12.8. The van der Waals surface area contributed by atoms with Gasteiger partial charge in [-0.2, -0.15) is 5.10 Å². The lowest BCUT2D eigenvalue weighted by molar-refractivity contribution is -0.124. The minimum absolute atomic E-state index is 0.0995. The molecule has 1 fully saturated rings. The van der Waals surface area contributed by atoms with Gasteiger partial charge in [0.2, 0.25) is 5.91 Å². The average molecular weight is 430 g/mol. The minimum atomic E-state index is -0.467. The molecule has 1 aliphatic heterocycles. The molecular weight excluding hydrogens is 406 g/mol. The van der Waals surface area contributed by atoms with Crippen molar-refractivity contribution in [3.05, 3.63) is 52.1 Å². The zero-order chi connectivity index (χ0) is 20.2. The van der Waals surface area contributed by atoms with Crippen LogP contribution in [0.3, 0.4) is 0 Å². The SMILES string of the molecule is CC(C(=O)NCc1ccc(N2CCOCC2)cc1)n1c(-c2cccs2)n[nH]c1=S. The first-order chi connectivity index (χ1) is 14.1. The number of H-pyrrole nitrogens is 1. The van der Waals surface area contributed by atoms with Crippen molar-refractivity contribution in [3.63, 3.8) is 0 Å². The van der Waals surface area contributed by atoms with E-state index in [-0.39, 0.29) is 5.91 Å². The fourth-order valence-corrected chi connectivity index (χ4v) is 4.34. The van der Waals surface area contributed by atoms with Gasteiger partial charge < -0.3 is 15.0 Å². The number of amides is 1. The minimum Gasteiger partial charge on any atom is -0.378 e. The molecule has 1 saturated heterocycles. The van der Waals surface area contributed by atoms with Gasteiger partial charge in [0.1, 0.15) is 6.04 Å². The quantitative estimate of drug-likeness (QED) is 0.588. The van der Waals surface area contributed by atoms with Gasteiger partial charge in [-0.25, -0.2) is 0 Å². The van der Waals surface area contributed by atoms with Gasteiger partial charge in [-0.15, -0.1) is 11.3 Å². The normalized spacial score (nSPS) is 15.3. The number of anilines is 1. The van der Waals surface area contributed by atoms with E-state index in [1.807, 2.05) is 24.4 Å². The van der Waals surface area contributed by atoms with Crippen LogP contribution < -0.4 is 10.2 Å². The predicted octanol–water partition coefficient (Wildman–Crippen LogP) is 3.38. The van der Waals surface area contributed by atoms with Gasteiger partial charge in [-0.1, -0.05) is 18.2 Å². The molecule has 1 amide bonds. The van der Waals surface area contributed by atoms with Crippen LogP contribution in [0.1, 0.15) is 18.5 Å². The fourth-order valence-electron chi connectivity index (χ4n) is 3.34. The Morgan fingerprint density at radius 3 is 2.76 bits per heavy atom. The molecule has 9 heteroatoms. The number of carbonyl (C=O) groups excluding carboxylic acids is 1. The lowest BCUT2D eigenvalue weighted by Gasteiger charge is -2.28. The summed E-state index contributed by atoms with van der Waals surface area (Å²) < 4.78 is 7.60. The van der Waals surface area contributed by atoms with Crippen molar-refractivity contribution >= 4 is 35.1 Å². The van der Waals surface area contributed by atoms with Crippen molar-refractivity contribution in [2.24, 2.45) is 0 Å². The Bertz CT molecular complexity index is 1000. The zero-order valence-corrected chi connectivity index (χ0v) is 17.8. The number of rotatable bonds is 6. The largest absolute Gasteiger partial charge is 0.378 e. The van der Waals surface area contributed by atoms with Crippen molar-refractivity contribution in [1.29, 1.82) is 0 Å². The first-order valence-electron chi connectivity index (χ1n) is 9.53. The van der Waals surface area contributed by atoms with Crippen LogP contribution in [0.4, 0.5) is 5.69 Å². The van der Waals surface area contributed by atoms with Crippen molar-refractivity contribution < 1.29 is 9.53 Å². The highest BCUT2D eigenvalue weighted by Gasteiger charge is 2.21. The van der Waals surface area contributed by atoms with Gasteiger partial charge >= 0.3 is 0 Å². The van der Waals surface area contributed by atoms with Crippen molar-refractivity contribution in [1.82, 2.24) is 20.1 Å². The van der Waals surface area contributed by atoms with Crippen LogP contribution in [-0.2, 0) is 16.1 Å². The Labute approximate surface area is 178 Å². The second-order valence-electron chi connectivity index (χ2n) is 6.86. The lowest BCUT2D eigenvalue weighted by atomic mass is 10.2. The van der Waals surface area contributed by atoms with Gasteiger partial charge in [0, 0.05) is 25.3 Å². The summed E-state index contributed by atoms with van der Waals surface area (Å²) in [5, 5.41) is 12.1. The molecule has 4 rings (SSSR count). The summed E-state index contributed by atoms with van der Waals surface area (Å²) in [6, 6.07) is 11.7. The monoisotopic (exact) mass is 429 g/mol. The molecule has 0 saturated carbocycles. The number of benzene rings is 1. The van der Waals surface area contributed by atoms with Gasteiger partial charge in [-0.3, -0.25) is 14.5 Å². The number of thiophene rings is 1. The van der Waals surface area contributed by atoms with E-state index in [1.165, 1.54) is 5.69 Å². The molecule has 1 atom stereocenters. The summed E-state index contributed by atoms with van der Waals surface area (Å²) in [7, 11) is 0. The number of ether oxygens (including phenoxy) is 1. The molecule has 2 aromatic heterocycles. The number of hydrogen-bond donors (Lipinski definition) is 2. The predicted molar refractivity (Wildman–Crippen MR) is 117 cm³/mol. The molecule has 3 aromatic rings. The van der Waals surface area contributed by atoms with Crippen LogP contribution in [0.15, 0.2) is 41.8 Å². The van der Waals surface area contributed by atoms with Gasteiger partial charge in [-0.05, 0) is 48.3 Å². The Kier molecular flexibility index (Phi) is 6.08. The van der Waals surface area contributed by atoms with Crippen molar-refractivity contribution in [2.75, 3.05) is 31.2 Å². The van der Waals surface area contributed by atoms with Crippen LogP contribution >= 0.6 is 23.6 Å². The molecule has 2 N–H and O–H groups in total. The van der Waals surface area contributed by atoms with Crippen molar-refractivity contribution in [2.45, 2.75) is 19.5 Å². The van der Waals surface area contributed by atoms with Crippen LogP contribution in [0.5, 0.6) is 0 Å². The molecule has 0 spiro atoms. The van der Waals surface area contributed by atoms with Crippen LogP contribution in [0, 0.1) is 4.77 Å². The highest BCUT2D eigenvalue weighted by Crippen LogP contribution is 2.25. The number of aromatic amines is 1. The summed E-state index contributed by atoms with van der Waals surface area (Å²) in [4.78, 5) is 16.0. The standard InChI is InChI=1S/C20H23N5O2S2/c1-14(25-18(22-23-20(25)28)17-3-2-12-29-17)19(26)21-13-15-4-6-16(7-5-15)24-8-10-27-11-9-24/h2-7,12,14H,8-11,13H2,1H3,(H,21,26)(H,23,28). The van der Waals surface area contributed by atoms with Crippen molar-refractivity contribution in [3.8, 4) is 10.7 Å². The molecule has 3 heterocycles. The molecule has 0 aliphatic carbocycles. The molecule has 1 unspecified atom stereocenters. The summed E-state index contributed by atoms with van der Waals surface area (Å²) in [5.74, 6) is 0.583. The Balaban J connectivity index is 1.40. The highest BCUT2D eigenvalue weighted by molar-refractivity contribution is 7.71. The van der Waals surface area contributed by atoms with E-state index < -0.39 is 6.04 Å². The third-order valence-electron chi connectivity index (χ3n) is 4.99. The molecule has 0 bridgehead atoms. The first kappa shape index (κ1) is 19.8. The molecule has 1 aromatic carbocycles. The summed E-state index contributed by atoms with van der Waals surface area (Å²) in [6.45, 7) is 5.64. The van der Waals surface area contributed by atoms with E-state index in [1.54, 1.807) is 15.9 Å². The second kappa shape index (κ2) is 8.89. The maximum Gasteiger partial charge on any atom is 0.243 e. The summed E-state index contributed by atoms with van der Waals surface area (Å²) >= 11 is 6.91. The average Bonchev–Trinajstić information content (AvgIpc) is 3.42. The molecule has 29 heavy (non-hydrogen) atoms. The smallest absolute Gasteiger partial charge is 0.243 e. The maximum atomic E-state index is 12.8. The number of nitrogens with zero attached hydrogens (tertiary/aromatic N) is 3. The Hall–Kier alpha value is -2.49. The molecule has 7 nitrogen and oxygen atoms in total. The third-order valence-corrected chi connectivity index (χ3v) is 6.15. The van der Waals surface area contributed by atoms with Gasteiger partial charge in [0.05, 0.1) is 18.1 Å². The number of aromatic nitrogens is 3. The van der Waals surface area contributed by atoms with E-state index >= 15 is 0 Å². The lowest BCUT2D eigenvalue weighted by Crippen LogP contribution is -2.36. The molecular formula is C20H23N5O2S2. The van der Waals surface area contributed by atoms with E-state index in [0.29, 0.717) is 17.1 Å². The first-order valence-corrected chi connectivity index (χ1v) is 10.8. The number of carbonyl (C=O) groups is 1. The van der Waals surface area contributed by atoms with Crippen LogP contribution in [0.2, 0.25) is 0 Å².